The van der Waals surface area contributed by atoms with Gasteiger partial charge in [-0.05, 0) is 23.8 Å². The van der Waals surface area contributed by atoms with E-state index in [0.717, 1.165) is 18.2 Å². The third-order valence-corrected chi connectivity index (χ3v) is 3.04. The van der Waals surface area contributed by atoms with E-state index in [1.54, 1.807) is 0 Å². The summed E-state index contributed by atoms with van der Waals surface area (Å²) in [5.41, 5.74) is -4.04. The first-order valence-electron chi connectivity index (χ1n) is 6.45. The van der Waals surface area contributed by atoms with Crippen molar-refractivity contribution in [2.24, 2.45) is 0 Å². The molecule has 24 heavy (non-hydrogen) atoms. The molecule has 0 saturated heterocycles. The van der Waals surface area contributed by atoms with Crippen LogP contribution in [-0.2, 0) is 23.6 Å². The van der Waals surface area contributed by atoms with Crippen LogP contribution in [0.2, 0.25) is 0 Å². The Hall–Kier alpha value is -2.58. The minimum atomic E-state index is -4.92. The van der Waals surface area contributed by atoms with Gasteiger partial charge >= 0.3 is 18.3 Å². The molecule has 1 N–H and O–H groups in total. The number of nitrogens with zero attached hydrogens (tertiary/aromatic N) is 1. The molecule has 0 radical (unpaired) electrons. The lowest BCUT2D eigenvalue weighted by Gasteiger charge is -2.15. The van der Waals surface area contributed by atoms with Crippen molar-refractivity contribution in [1.82, 2.24) is 4.98 Å². The standard InChI is InChI=1S/C15H9F6NO2/c16-14(17,18)10-4-2-1-3-9(10)11-5-8(7-13(23)24)6-12(22-11)15(19,20)21/h1-6H,7H2,(H,23,24). The Morgan fingerprint density at radius 1 is 1.00 bits per heavy atom. The summed E-state index contributed by atoms with van der Waals surface area (Å²) in [6.07, 6.45) is -10.5. The molecule has 1 aromatic carbocycles. The summed E-state index contributed by atoms with van der Waals surface area (Å²) in [4.78, 5) is 14.0. The van der Waals surface area contributed by atoms with E-state index in [4.69, 9.17) is 5.11 Å². The second kappa shape index (κ2) is 6.14. The van der Waals surface area contributed by atoms with Gasteiger partial charge < -0.3 is 5.11 Å². The van der Waals surface area contributed by atoms with E-state index in [-0.39, 0.29) is 5.56 Å². The number of carboxylic acid groups (broad SMARTS) is 1. The maximum atomic E-state index is 13.0. The van der Waals surface area contributed by atoms with Crippen LogP contribution in [0, 0.1) is 0 Å². The van der Waals surface area contributed by atoms with E-state index in [9.17, 15) is 31.1 Å². The number of rotatable bonds is 3. The lowest BCUT2D eigenvalue weighted by Crippen LogP contribution is -2.12. The predicted molar refractivity (Wildman–Crippen MR) is 71.0 cm³/mol. The van der Waals surface area contributed by atoms with Crippen LogP contribution in [0.4, 0.5) is 26.3 Å². The molecular weight excluding hydrogens is 340 g/mol. The van der Waals surface area contributed by atoms with E-state index in [2.05, 4.69) is 4.98 Å². The summed E-state index contributed by atoms with van der Waals surface area (Å²) in [6, 6.07) is 5.44. The maximum absolute atomic E-state index is 13.0. The number of carbonyl (C=O) groups is 1. The fraction of sp³-hybridized carbons (Fsp3) is 0.200. The Labute approximate surface area is 131 Å². The molecule has 0 aliphatic rings. The lowest BCUT2D eigenvalue weighted by atomic mass is 10.0. The van der Waals surface area contributed by atoms with Gasteiger partial charge in [0, 0.05) is 5.56 Å². The van der Waals surface area contributed by atoms with E-state index in [1.165, 1.54) is 6.07 Å². The number of hydrogen-bond donors (Lipinski definition) is 1. The van der Waals surface area contributed by atoms with Crippen molar-refractivity contribution in [3.8, 4) is 11.3 Å². The Morgan fingerprint density at radius 3 is 2.17 bits per heavy atom. The fourth-order valence-corrected chi connectivity index (χ4v) is 2.10. The maximum Gasteiger partial charge on any atom is 0.433 e. The Bertz CT molecular complexity index is 767. The first kappa shape index (κ1) is 17.8. The zero-order chi connectivity index (χ0) is 18.1. The highest BCUT2D eigenvalue weighted by Crippen LogP contribution is 2.38. The van der Waals surface area contributed by atoms with Crippen LogP contribution in [0.3, 0.4) is 0 Å². The lowest BCUT2D eigenvalue weighted by molar-refractivity contribution is -0.141. The number of pyridine rings is 1. The van der Waals surface area contributed by atoms with Gasteiger partial charge in [0.1, 0.15) is 5.69 Å². The quantitative estimate of drug-likeness (QED) is 0.835. The third kappa shape index (κ3) is 4.03. The zero-order valence-corrected chi connectivity index (χ0v) is 11.7. The predicted octanol–water partition coefficient (Wildman–Crippen LogP) is 4.41. The molecule has 0 atom stereocenters. The molecule has 0 spiro atoms. The number of alkyl halides is 6. The van der Waals surface area contributed by atoms with Gasteiger partial charge in [0.05, 0.1) is 17.7 Å². The molecule has 1 heterocycles. The normalized spacial score (nSPS) is 12.2. The molecule has 0 amide bonds. The van der Waals surface area contributed by atoms with Crippen molar-refractivity contribution in [2.45, 2.75) is 18.8 Å². The number of hydrogen-bond acceptors (Lipinski definition) is 2. The van der Waals surface area contributed by atoms with Crippen molar-refractivity contribution in [1.29, 1.82) is 0 Å². The molecule has 2 aromatic rings. The number of benzene rings is 1. The Balaban J connectivity index is 2.69. The van der Waals surface area contributed by atoms with Crippen molar-refractivity contribution in [2.75, 3.05) is 0 Å². The van der Waals surface area contributed by atoms with E-state index in [0.29, 0.717) is 12.1 Å². The Morgan fingerprint density at radius 2 is 1.62 bits per heavy atom. The molecule has 9 heteroatoms. The topological polar surface area (TPSA) is 50.2 Å². The fourth-order valence-electron chi connectivity index (χ4n) is 2.10. The molecule has 0 bridgehead atoms. The van der Waals surface area contributed by atoms with Crippen LogP contribution < -0.4 is 0 Å². The van der Waals surface area contributed by atoms with Crippen LogP contribution >= 0.6 is 0 Å². The number of carboxylic acids is 1. The molecule has 0 aliphatic carbocycles. The molecule has 0 unspecified atom stereocenters. The van der Waals surface area contributed by atoms with Crippen molar-refractivity contribution < 1.29 is 36.2 Å². The molecule has 0 fully saturated rings. The van der Waals surface area contributed by atoms with Gasteiger partial charge in [-0.3, -0.25) is 4.79 Å². The summed E-state index contributed by atoms with van der Waals surface area (Å²) < 4.78 is 77.8. The SMILES string of the molecule is O=C(O)Cc1cc(-c2ccccc2C(F)(F)F)nc(C(F)(F)F)c1. The van der Waals surface area contributed by atoms with Crippen LogP contribution in [-0.4, -0.2) is 16.1 Å². The molecule has 1 aromatic heterocycles. The van der Waals surface area contributed by atoms with Crippen LogP contribution in [0.1, 0.15) is 16.8 Å². The first-order chi connectivity index (χ1) is 11.0. The van der Waals surface area contributed by atoms with E-state index in [1.807, 2.05) is 0 Å². The number of aliphatic carboxylic acids is 1. The smallest absolute Gasteiger partial charge is 0.433 e. The number of halogens is 6. The van der Waals surface area contributed by atoms with Gasteiger partial charge in [-0.25, -0.2) is 4.98 Å². The van der Waals surface area contributed by atoms with Crippen LogP contribution in [0.5, 0.6) is 0 Å². The molecule has 0 saturated carbocycles. The monoisotopic (exact) mass is 349 g/mol. The van der Waals surface area contributed by atoms with E-state index >= 15 is 0 Å². The van der Waals surface area contributed by atoms with Gasteiger partial charge in [0.25, 0.3) is 0 Å². The van der Waals surface area contributed by atoms with Gasteiger partial charge in [-0.2, -0.15) is 26.3 Å². The van der Waals surface area contributed by atoms with Gasteiger partial charge in [-0.15, -0.1) is 0 Å². The largest absolute Gasteiger partial charge is 0.481 e. The molecule has 128 valence electrons. The zero-order valence-electron chi connectivity index (χ0n) is 11.7. The first-order valence-corrected chi connectivity index (χ1v) is 6.45. The van der Waals surface area contributed by atoms with Crippen molar-refractivity contribution >= 4 is 5.97 Å². The molecule has 2 rings (SSSR count). The summed E-state index contributed by atoms with van der Waals surface area (Å²) >= 11 is 0. The molecular formula is C15H9F6NO2. The molecule has 0 aliphatic heterocycles. The van der Waals surface area contributed by atoms with Gasteiger partial charge in [0.2, 0.25) is 0 Å². The highest BCUT2D eigenvalue weighted by molar-refractivity contribution is 5.72. The summed E-state index contributed by atoms with van der Waals surface area (Å²) in [5.74, 6) is -1.41. The highest BCUT2D eigenvalue weighted by Gasteiger charge is 2.36. The summed E-state index contributed by atoms with van der Waals surface area (Å²) in [5, 5.41) is 8.72. The Kier molecular flexibility index (Phi) is 4.54. The average Bonchev–Trinajstić information content (AvgIpc) is 2.44. The van der Waals surface area contributed by atoms with Crippen molar-refractivity contribution in [3.05, 3.63) is 53.2 Å². The van der Waals surface area contributed by atoms with Gasteiger partial charge in [0.15, 0.2) is 0 Å². The highest BCUT2D eigenvalue weighted by atomic mass is 19.4. The second-order valence-electron chi connectivity index (χ2n) is 4.86. The summed E-state index contributed by atoms with van der Waals surface area (Å²) in [7, 11) is 0. The van der Waals surface area contributed by atoms with E-state index < -0.39 is 47.3 Å². The third-order valence-electron chi connectivity index (χ3n) is 3.04. The average molecular weight is 349 g/mol. The number of aromatic nitrogens is 1. The summed E-state index contributed by atoms with van der Waals surface area (Å²) in [6.45, 7) is 0. The van der Waals surface area contributed by atoms with Crippen LogP contribution in [0.15, 0.2) is 36.4 Å². The van der Waals surface area contributed by atoms with Gasteiger partial charge in [-0.1, -0.05) is 18.2 Å². The minimum Gasteiger partial charge on any atom is -0.481 e. The second-order valence-corrected chi connectivity index (χ2v) is 4.86. The molecule has 3 nitrogen and oxygen atoms in total. The van der Waals surface area contributed by atoms with Crippen LogP contribution in [0.25, 0.3) is 11.3 Å². The van der Waals surface area contributed by atoms with Crippen molar-refractivity contribution in [3.63, 3.8) is 0 Å². The minimum absolute atomic E-state index is 0.295.